The van der Waals surface area contributed by atoms with E-state index in [4.69, 9.17) is 37.0 Å². The van der Waals surface area contributed by atoms with Gasteiger partial charge in [0.05, 0.1) is 26.4 Å². The maximum atomic E-state index is 13.2. The van der Waals surface area contributed by atoms with Crippen molar-refractivity contribution in [2.45, 2.75) is 354 Å². The van der Waals surface area contributed by atoms with Gasteiger partial charge in [-0.05, 0) is 173 Å². The molecule has 112 heavy (non-hydrogen) atoms. The Morgan fingerprint density at radius 2 is 0.464 bits per heavy atom. The first-order chi connectivity index (χ1) is 54.7. The number of carbonyl (C=O) groups is 4. The zero-order valence-corrected chi connectivity index (χ0v) is 71.8. The maximum Gasteiger partial charge on any atom is 0.472 e. The molecule has 0 aromatic heterocycles. The van der Waals surface area contributed by atoms with Crippen molar-refractivity contribution in [3.05, 3.63) is 170 Å². The van der Waals surface area contributed by atoms with E-state index >= 15 is 0 Å². The first-order valence-corrected chi connectivity index (χ1v) is 46.4. The van der Waals surface area contributed by atoms with Crippen molar-refractivity contribution < 1.29 is 80.2 Å². The molecule has 0 radical (unpaired) electrons. The van der Waals surface area contributed by atoms with Crippen LogP contribution in [-0.4, -0.2) is 96.7 Å². The van der Waals surface area contributed by atoms with Gasteiger partial charge >= 0.3 is 39.5 Å². The quantitative estimate of drug-likeness (QED) is 0.0169. The second kappa shape index (κ2) is 83.4. The van der Waals surface area contributed by atoms with Crippen molar-refractivity contribution >= 4 is 39.5 Å². The summed E-state index contributed by atoms with van der Waals surface area (Å²) >= 11 is 0. The van der Waals surface area contributed by atoms with Crippen LogP contribution in [0.4, 0.5) is 0 Å². The summed E-state index contributed by atoms with van der Waals surface area (Å²) in [6.45, 7) is 4.47. The van der Waals surface area contributed by atoms with Crippen molar-refractivity contribution in [2.24, 2.45) is 0 Å². The number of esters is 4. The van der Waals surface area contributed by atoms with Gasteiger partial charge in [-0.25, -0.2) is 9.13 Å². The summed E-state index contributed by atoms with van der Waals surface area (Å²) in [5.41, 5.74) is 0. The van der Waals surface area contributed by atoms with Crippen molar-refractivity contribution in [3.8, 4) is 0 Å². The van der Waals surface area contributed by atoms with E-state index in [2.05, 4.69) is 198 Å². The molecule has 0 saturated heterocycles. The molecule has 0 amide bonds. The van der Waals surface area contributed by atoms with Crippen molar-refractivity contribution in [2.75, 3.05) is 39.6 Å². The van der Waals surface area contributed by atoms with Crippen LogP contribution < -0.4 is 0 Å². The molecule has 0 fully saturated rings. The summed E-state index contributed by atoms with van der Waals surface area (Å²) in [7, 11) is -10.0. The molecule has 0 aliphatic heterocycles. The molecule has 19 heteroatoms. The SMILES string of the molecule is CC/C=C\C/C=C\C/C=C\C/C=C\CCCCCCCCC(=O)OCC(COP(=O)(O)OCC(O)COP(=O)(O)OCC(COC(=O)CCCCCCCC/C=C\C/C=C\C/C=C\CCCCC)OC(=O)CCCCCCCCC/C=C\C/C=C\C/C=C\CC)OC(=O)CCCCCC/C=C\C/C=C\C/C=C\C/C=C\CC. The minimum absolute atomic E-state index is 0.0577. The number of carbonyl (C=O) groups excluding carboxylic acids is 4. The first-order valence-electron chi connectivity index (χ1n) is 43.4. The van der Waals surface area contributed by atoms with Gasteiger partial charge < -0.3 is 33.8 Å². The Morgan fingerprint density at radius 3 is 0.714 bits per heavy atom. The maximum absolute atomic E-state index is 13.2. The molecule has 0 aliphatic rings. The number of aliphatic hydroxyl groups excluding tert-OH is 1. The van der Waals surface area contributed by atoms with Crippen molar-refractivity contribution in [1.82, 2.24) is 0 Å². The molecule has 0 heterocycles. The molecule has 3 N–H and O–H groups in total. The van der Waals surface area contributed by atoms with E-state index in [9.17, 15) is 43.2 Å². The Balaban J connectivity index is 5.45. The second-order valence-corrected chi connectivity index (χ2v) is 31.2. The molecule has 17 nitrogen and oxygen atoms in total. The average Bonchev–Trinajstić information content (AvgIpc) is 0.895. The summed E-state index contributed by atoms with van der Waals surface area (Å²) in [6, 6.07) is 0. The summed E-state index contributed by atoms with van der Waals surface area (Å²) in [5, 5.41) is 10.7. The molecule has 638 valence electrons. The summed E-state index contributed by atoms with van der Waals surface area (Å²) in [6.07, 6.45) is 100. The first kappa shape index (κ1) is 106. The lowest BCUT2D eigenvalue weighted by atomic mass is 10.1. The van der Waals surface area contributed by atoms with Gasteiger partial charge in [0.1, 0.15) is 19.3 Å². The van der Waals surface area contributed by atoms with E-state index in [0.717, 1.165) is 238 Å². The van der Waals surface area contributed by atoms with Crippen LogP contribution >= 0.6 is 15.6 Å². The molecule has 5 atom stereocenters. The third kappa shape index (κ3) is 82.4. The smallest absolute Gasteiger partial charge is 0.462 e. The van der Waals surface area contributed by atoms with E-state index in [0.29, 0.717) is 25.7 Å². The lowest BCUT2D eigenvalue weighted by molar-refractivity contribution is -0.161. The molecule has 0 aromatic carbocycles. The normalized spacial score (nSPS) is 14.6. The summed E-state index contributed by atoms with van der Waals surface area (Å²) in [4.78, 5) is 73.4. The van der Waals surface area contributed by atoms with Gasteiger partial charge in [0.15, 0.2) is 12.2 Å². The van der Waals surface area contributed by atoms with E-state index in [-0.39, 0.29) is 25.7 Å². The molecule has 0 rings (SSSR count). The Morgan fingerprint density at radius 1 is 0.259 bits per heavy atom. The topological polar surface area (TPSA) is 237 Å². The van der Waals surface area contributed by atoms with Gasteiger partial charge in [0.2, 0.25) is 0 Å². The number of allylic oxidation sites excluding steroid dienone is 28. The Hall–Kier alpha value is -5.58. The van der Waals surface area contributed by atoms with Gasteiger partial charge in [-0.15, -0.1) is 0 Å². The molecule has 0 bridgehead atoms. The van der Waals surface area contributed by atoms with Crippen LogP contribution in [0.5, 0.6) is 0 Å². The average molecular weight is 1610 g/mol. The van der Waals surface area contributed by atoms with Crippen LogP contribution in [0, 0.1) is 0 Å². The van der Waals surface area contributed by atoms with E-state index < -0.39 is 97.5 Å². The van der Waals surface area contributed by atoms with Gasteiger partial charge in [0.25, 0.3) is 0 Å². The highest BCUT2D eigenvalue weighted by atomic mass is 31.2. The van der Waals surface area contributed by atoms with Gasteiger partial charge in [0, 0.05) is 25.7 Å². The lowest BCUT2D eigenvalue weighted by Gasteiger charge is -2.21. The van der Waals surface area contributed by atoms with E-state index in [1.54, 1.807) is 0 Å². The molecule has 0 aliphatic carbocycles. The minimum Gasteiger partial charge on any atom is -0.462 e. The third-order valence-electron chi connectivity index (χ3n) is 17.7. The number of phosphoric acid groups is 2. The van der Waals surface area contributed by atoms with Gasteiger partial charge in [-0.1, -0.05) is 307 Å². The fourth-order valence-electron chi connectivity index (χ4n) is 11.2. The fourth-order valence-corrected chi connectivity index (χ4v) is 12.7. The van der Waals surface area contributed by atoms with Crippen LogP contribution in [0.3, 0.4) is 0 Å². The zero-order valence-electron chi connectivity index (χ0n) is 70.0. The van der Waals surface area contributed by atoms with Gasteiger partial charge in [-0.3, -0.25) is 37.3 Å². The molecule has 0 saturated carbocycles. The Labute approximate surface area is 680 Å². The monoisotopic (exact) mass is 1610 g/mol. The predicted octanol–water partition coefficient (Wildman–Crippen LogP) is 26.1. The molecule has 0 aromatic rings. The molecule has 0 spiro atoms. The van der Waals surface area contributed by atoms with Crippen molar-refractivity contribution in [3.63, 3.8) is 0 Å². The highest BCUT2D eigenvalue weighted by Gasteiger charge is 2.30. The van der Waals surface area contributed by atoms with Crippen LogP contribution in [0.15, 0.2) is 170 Å². The van der Waals surface area contributed by atoms with Crippen LogP contribution in [0.2, 0.25) is 0 Å². The highest BCUT2D eigenvalue weighted by molar-refractivity contribution is 7.47. The second-order valence-electron chi connectivity index (χ2n) is 28.3. The number of hydrogen-bond donors (Lipinski definition) is 3. The van der Waals surface area contributed by atoms with Gasteiger partial charge in [-0.2, -0.15) is 0 Å². The van der Waals surface area contributed by atoms with Crippen LogP contribution in [0.25, 0.3) is 0 Å². The number of phosphoric ester groups is 2. The van der Waals surface area contributed by atoms with Crippen LogP contribution in [-0.2, 0) is 65.4 Å². The highest BCUT2D eigenvalue weighted by Crippen LogP contribution is 2.45. The molecule has 5 unspecified atom stereocenters. The standard InChI is InChI=1S/C93H154O17P2/c1-5-9-13-17-21-25-29-33-37-41-43-47-49-53-57-61-65-69-73-77-90(95)103-83-88(109-92(97)79-75-71-67-63-59-55-51-45-39-35-31-27-23-19-15-11-7-3)85-107-111(99,100)105-81-87(94)82-106-112(101,102)108-86-89(110-93(98)80-76-72-68-64-60-56-52-46-40-36-32-28-24-20-16-12-8-4)84-104-91(96)78-74-70-66-62-58-54-50-48-44-42-38-34-30-26-22-18-14-10-6-2/h9,11-13,15-16,21-28,33-40,43-44,47-48,51,55,87-89,94H,5-8,10,14,17-20,29-32,41-42,45-46,49-50,52-54,56-86H2,1-4H3,(H,99,100)(H,101,102)/b13-9-,15-11-,16-12-,25-21-,26-22-,27-23-,28-24-,37-33-,38-34-,39-35-,40-36-,47-43-,48-44-,55-51-. The van der Waals surface area contributed by atoms with Crippen LogP contribution in [0.1, 0.15) is 336 Å². The Kier molecular flexibility index (Phi) is 79.2. The largest absolute Gasteiger partial charge is 0.472 e. The lowest BCUT2D eigenvalue weighted by Crippen LogP contribution is -2.30. The third-order valence-corrected chi connectivity index (χ3v) is 19.6. The number of rotatable bonds is 80. The number of unbranched alkanes of at least 4 members (excludes halogenated alkanes) is 26. The minimum atomic E-state index is -5.00. The summed E-state index contributed by atoms with van der Waals surface area (Å²) in [5.74, 6) is -2.24. The predicted molar refractivity (Wildman–Crippen MR) is 463 cm³/mol. The Bertz CT molecular complexity index is 2790. The van der Waals surface area contributed by atoms with E-state index in [1.165, 1.54) is 19.3 Å². The number of hydrogen-bond acceptors (Lipinski definition) is 15. The fraction of sp³-hybridized carbons (Fsp3) is 0.656. The zero-order chi connectivity index (χ0) is 81.7. The molecular weight excluding hydrogens is 1450 g/mol. The van der Waals surface area contributed by atoms with E-state index in [1.807, 2.05) is 0 Å². The number of ether oxygens (including phenoxy) is 4. The van der Waals surface area contributed by atoms with Crippen molar-refractivity contribution in [1.29, 1.82) is 0 Å². The molecular formula is C93H154O17P2. The summed E-state index contributed by atoms with van der Waals surface area (Å²) < 4.78 is 68.9. The number of aliphatic hydroxyl groups is 1.